The van der Waals surface area contributed by atoms with E-state index in [0.29, 0.717) is 12.2 Å². The van der Waals surface area contributed by atoms with Gasteiger partial charge in [0.2, 0.25) is 0 Å². The molecule has 5 nitrogen and oxygen atoms in total. The number of aromatic nitrogens is 2. The van der Waals surface area contributed by atoms with E-state index < -0.39 is 0 Å². The molecule has 23 heavy (non-hydrogen) atoms. The van der Waals surface area contributed by atoms with Gasteiger partial charge in [-0.2, -0.15) is 5.10 Å². The van der Waals surface area contributed by atoms with E-state index in [0.717, 1.165) is 27.8 Å². The average Bonchev–Trinajstić information content (AvgIpc) is 2.98. The largest absolute Gasteiger partial charge is 0.496 e. The van der Waals surface area contributed by atoms with Crippen LogP contribution < -0.4 is 4.74 Å². The lowest BCUT2D eigenvalue weighted by Gasteiger charge is -2.18. The lowest BCUT2D eigenvalue weighted by molar-refractivity contribution is 0.0780. The Morgan fingerprint density at radius 1 is 1.26 bits per heavy atom. The fourth-order valence-corrected chi connectivity index (χ4v) is 2.67. The van der Waals surface area contributed by atoms with Crippen molar-refractivity contribution in [3.05, 3.63) is 59.3 Å². The van der Waals surface area contributed by atoms with Crippen molar-refractivity contribution in [3.63, 3.8) is 0 Å². The van der Waals surface area contributed by atoms with Crippen LogP contribution in [0.1, 0.15) is 21.6 Å². The van der Waals surface area contributed by atoms with Crippen LogP contribution >= 0.6 is 0 Å². The predicted molar refractivity (Wildman–Crippen MR) is 89.6 cm³/mol. The third kappa shape index (κ3) is 2.90. The number of fused-ring (bicyclic) bond motifs is 1. The number of carbonyl (C=O) groups is 1. The van der Waals surface area contributed by atoms with Crippen molar-refractivity contribution in [1.29, 1.82) is 0 Å². The molecule has 0 aliphatic carbocycles. The van der Waals surface area contributed by atoms with Gasteiger partial charge in [0.05, 0.1) is 12.6 Å². The van der Waals surface area contributed by atoms with Gasteiger partial charge < -0.3 is 9.64 Å². The number of para-hydroxylation sites is 1. The molecule has 0 aliphatic heterocycles. The van der Waals surface area contributed by atoms with Gasteiger partial charge in [0, 0.05) is 24.5 Å². The second kappa shape index (κ2) is 6.12. The second-order valence-corrected chi connectivity index (χ2v) is 5.59. The highest BCUT2D eigenvalue weighted by Gasteiger charge is 2.19. The summed E-state index contributed by atoms with van der Waals surface area (Å²) in [6.07, 6.45) is 0. The van der Waals surface area contributed by atoms with E-state index in [1.54, 1.807) is 19.1 Å². The fraction of sp³-hybridized carbons (Fsp3) is 0.222. The van der Waals surface area contributed by atoms with E-state index in [-0.39, 0.29) is 5.91 Å². The van der Waals surface area contributed by atoms with Crippen LogP contribution in [0.5, 0.6) is 5.75 Å². The molecule has 2 aromatic carbocycles. The summed E-state index contributed by atoms with van der Waals surface area (Å²) in [5.74, 6) is 0.660. The molecule has 0 saturated heterocycles. The predicted octanol–water partition coefficient (Wildman–Crippen LogP) is 3.15. The molecule has 3 rings (SSSR count). The minimum Gasteiger partial charge on any atom is -0.496 e. The van der Waals surface area contributed by atoms with Crippen molar-refractivity contribution in [2.45, 2.75) is 13.5 Å². The van der Waals surface area contributed by atoms with Crippen LogP contribution in [0.15, 0.2) is 42.5 Å². The topological polar surface area (TPSA) is 58.2 Å². The fourth-order valence-electron chi connectivity index (χ4n) is 2.67. The molecule has 0 unspecified atom stereocenters. The van der Waals surface area contributed by atoms with Gasteiger partial charge in [-0.3, -0.25) is 9.89 Å². The van der Waals surface area contributed by atoms with Crippen molar-refractivity contribution in [2.24, 2.45) is 0 Å². The van der Waals surface area contributed by atoms with Gasteiger partial charge in [0.1, 0.15) is 5.75 Å². The second-order valence-electron chi connectivity index (χ2n) is 5.59. The molecule has 1 aromatic heterocycles. The first-order valence-corrected chi connectivity index (χ1v) is 7.42. The van der Waals surface area contributed by atoms with E-state index in [1.165, 1.54) is 0 Å². The first kappa shape index (κ1) is 15.1. The van der Waals surface area contributed by atoms with E-state index >= 15 is 0 Å². The normalized spacial score (nSPS) is 10.7. The monoisotopic (exact) mass is 309 g/mol. The van der Waals surface area contributed by atoms with E-state index in [2.05, 4.69) is 10.2 Å². The van der Waals surface area contributed by atoms with Gasteiger partial charge >= 0.3 is 0 Å². The summed E-state index contributed by atoms with van der Waals surface area (Å²) >= 11 is 0. The van der Waals surface area contributed by atoms with Gasteiger partial charge in [-0.05, 0) is 19.1 Å². The lowest BCUT2D eigenvalue weighted by atomic mass is 10.1. The molecule has 0 radical (unpaired) electrons. The minimum absolute atomic E-state index is 0.119. The number of nitrogens with one attached hydrogen (secondary N) is 1. The number of nitrogens with zero attached hydrogens (tertiary/aromatic N) is 2. The van der Waals surface area contributed by atoms with Gasteiger partial charge in [0.25, 0.3) is 5.91 Å². The number of carbonyl (C=O) groups excluding carboxylic acids is 1. The summed E-state index contributed by atoms with van der Waals surface area (Å²) in [6, 6.07) is 13.6. The van der Waals surface area contributed by atoms with Crippen LogP contribution in [-0.2, 0) is 6.54 Å². The number of hydrogen-bond donors (Lipinski definition) is 1. The molecule has 0 atom stereocenters. The molecule has 0 spiro atoms. The van der Waals surface area contributed by atoms with Crippen LogP contribution in [0.3, 0.4) is 0 Å². The molecule has 5 heteroatoms. The summed E-state index contributed by atoms with van der Waals surface area (Å²) < 4.78 is 5.38. The zero-order valence-corrected chi connectivity index (χ0v) is 13.5. The molecular formula is C18H19N3O2. The third-order valence-electron chi connectivity index (χ3n) is 3.86. The number of rotatable bonds is 4. The Morgan fingerprint density at radius 2 is 2.04 bits per heavy atom. The lowest BCUT2D eigenvalue weighted by Crippen LogP contribution is -2.27. The molecule has 0 bridgehead atoms. The maximum atomic E-state index is 12.7. The van der Waals surface area contributed by atoms with Crippen LogP contribution in [0, 0.1) is 6.92 Å². The van der Waals surface area contributed by atoms with Crippen LogP contribution in [0.25, 0.3) is 10.9 Å². The zero-order chi connectivity index (χ0) is 16.4. The molecule has 118 valence electrons. The quantitative estimate of drug-likeness (QED) is 0.805. The number of amides is 1. The SMILES string of the molecule is COc1ccc(C)cc1CN(C)C(=O)c1n[nH]c2ccccc12. The van der Waals surface area contributed by atoms with Crippen LogP contribution in [0.4, 0.5) is 0 Å². The van der Waals surface area contributed by atoms with Crippen molar-refractivity contribution in [1.82, 2.24) is 15.1 Å². The zero-order valence-electron chi connectivity index (χ0n) is 13.5. The Kier molecular flexibility index (Phi) is 4.02. The maximum Gasteiger partial charge on any atom is 0.275 e. The number of benzene rings is 2. The average molecular weight is 309 g/mol. The molecule has 0 aliphatic rings. The van der Waals surface area contributed by atoms with Gasteiger partial charge in [-0.15, -0.1) is 0 Å². The highest BCUT2D eigenvalue weighted by atomic mass is 16.5. The number of ether oxygens (including phenoxy) is 1. The standard InChI is InChI=1S/C18H19N3O2/c1-12-8-9-16(23-3)13(10-12)11-21(2)18(22)17-14-6-4-5-7-15(14)19-20-17/h4-10H,11H2,1-3H3,(H,19,20). The molecule has 0 saturated carbocycles. The Labute approximate surface area is 134 Å². The highest BCUT2D eigenvalue weighted by molar-refractivity contribution is 6.04. The summed E-state index contributed by atoms with van der Waals surface area (Å²) in [4.78, 5) is 14.4. The van der Waals surface area contributed by atoms with Crippen molar-refractivity contribution in [2.75, 3.05) is 14.2 Å². The molecule has 1 heterocycles. The summed E-state index contributed by atoms with van der Waals surface area (Å²) in [7, 11) is 3.41. The van der Waals surface area contributed by atoms with Gasteiger partial charge in [0.15, 0.2) is 5.69 Å². The van der Waals surface area contributed by atoms with Crippen LogP contribution in [-0.4, -0.2) is 35.2 Å². The minimum atomic E-state index is -0.119. The van der Waals surface area contributed by atoms with E-state index in [4.69, 9.17) is 4.74 Å². The molecule has 0 fully saturated rings. The smallest absolute Gasteiger partial charge is 0.275 e. The number of H-pyrrole nitrogens is 1. The number of aromatic amines is 1. The first-order valence-electron chi connectivity index (χ1n) is 7.42. The number of aryl methyl sites for hydroxylation is 1. The molecular weight excluding hydrogens is 290 g/mol. The maximum absolute atomic E-state index is 12.7. The van der Waals surface area contributed by atoms with Gasteiger partial charge in [-0.1, -0.05) is 35.9 Å². The number of hydrogen-bond acceptors (Lipinski definition) is 3. The Hall–Kier alpha value is -2.82. The summed E-state index contributed by atoms with van der Waals surface area (Å²) in [6.45, 7) is 2.48. The van der Waals surface area contributed by atoms with Crippen molar-refractivity contribution < 1.29 is 9.53 Å². The molecule has 1 N–H and O–H groups in total. The Balaban J connectivity index is 1.87. The Bertz CT molecular complexity index is 854. The summed E-state index contributed by atoms with van der Waals surface area (Å²) in [5, 5.41) is 7.90. The van der Waals surface area contributed by atoms with E-state index in [9.17, 15) is 4.79 Å². The third-order valence-corrected chi connectivity index (χ3v) is 3.86. The van der Waals surface area contributed by atoms with Crippen LogP contribution in [0.2, 0.25) is 0 Å². The van der Waals surface area contributed by atoms with Crippen molar-refractivity contribution >= 4 is 16.8 Å². The molecule has 3 aromatic rings. The van der Waals surface area contributed by atoms with Crippen molar-refractivity contribution in [3.8, 4) is 5.75 Å². The molecule has 1 amide bonds. The van der Waals surface area contributed by atoms with Gasteiger partial charge in [-0.25, -0.2) is 0 Å². The number of methoxy groups -OCH3 is 1. The highest BCUT2D eigenvalue weighted by Crippen LogP contribution is 2.22. The van der Waals surface area contributed by atoms with E-state index in [1.807, 2.05) is 49.4 Å². The summed E-state index contributed by atoms with van der Waals surface area (Å²) in [5.41, 5.74) is 3.40. The Morgan fingerprint density at radius 3 is 2.83 bits per heavy atom. The first-order chi connectivity index (χ1) is 11.1.